The summed E-state index contributed by atoms with van der Waals surface area (Å²) in [4.78, 5) is 13.9. The van der Waals surface area contributed by atoms with E-state index >= 15 is 0 Å². The van der Waals surface area contributed by atoms with Gasteiger partial charge in [0.25, 0.3) is 0 Å². The molecule has 0 unspecified atom stereocenters. The average Bonchev–Trinajstić information content (AvgIpc) is 3.26. The van der Waals surface area contributed by atoms with Gasteiger partial charge >= 0.3 is 6.03 Å². The van der Waals surface area contributed by atoms with Crippen LogP contribution in [-0.2, 0) is 11.3 Å². The Morgan fingerprint density at radius 3 is 3.04 bits per heavy atom. The Bertz CT molecular complexity index is 727. The van der Waals surface area contributed by atoms with Crippen molar-refractivity contribution in [3.8, 4) is 0 Å². The highest BCUT2D eigenvalue weighted by atomic mass is 19.1. The first-order chi connectivity index (χ1) is 12.0. The molecule has 1 aliphatic rings. The number of halogens is 1. The first kappa shape index (κ1) is 17.4. The van der Waals surface area contributed by atoms with Crippen molar-refractivity contribution < 1.29 is 13.9 Å². The number of hydrogen-bond donors (Lipinski definition) is 1. The Morgan fingerprint density at radius 2 is 2.32 bits per heavy atom. The Hall–Kier alpha value is -2.41. The van der Waals surface area contributed by atoms with Crippen LogP contribution in [0.1, 0.15) is 31.4 Å². The predicted molar refractivity (Wildman–Crippen MR) is 92.8 cm³/mol. The number of hydrogen-bond acceptors (Lipinski definition) is 3. The lowest BCUT2D eigenvalue weighted by atomic mass is 10.1. The average molecular weight is 346 g/mol. The smallest absolute Gasteiger partial charge is 0.322 e. The second-order valence-corrected chi connectivity index (χ2v) is 6.32. The van der Waals surface area contributed by atoms with Crippen molar-refractivity contribution in [1.29, 1.82) is 0 Å². The number of aromatic nitrogens is 2. The zero-order valence-electron chi connectivity index (χ0n) is 14.5. The Labute approximate surface area is 146 Å². The molecule has 1 fully saturated rings. The quantitative estimate of drug-likeness (QED) is 0.902. The summed E-state index contributed by atoms with van der Waals surface area (Å²) in [6.07, 6.45) is 5.68. The van der Waals surface area contributed by atoms with Crippen LogP contribution < -0.4 is 5.32 Å². The van der Waals surface area contributed by atoms with Crippen molar-refractivity contribution >= 4 is 11.7 Å². The SMILES string of the molecule is C[C@@H](c1ccccc1F)N(C)C(=O)Nc1cnn(C[C@H]2CCCO2)c1. The van der Waals surface area contributed by atoms with Crippen molar-refractivity contribution in [3.05, 3.63) is 48.0 Å². The van der Waals surface area contributed by atoms with Crippen LogP contribution in [0.15, 0.2) is 36.7 Å². The second-order valence-electron chi connectivity index (χ2n) is 6.32. The number of amides is 2. The van der Waals surface area contributed by atoms with Gasteiger partial charge in [-0.25, -0.2) is 9.18 Å². The van der Waals surface area contributed by atoms with E-state index in [0.717, 1.165) is 19.4 Å². The third-order valence-corrected chi connectivity index (χ3v) is 4.56. The van der Waals surface area contributed by atoms with Gasteiger partial charge in [0.15, 0.2) is 0 Å². The largest absolute Gasteiger partial charge is 0.376 e. The summed E-state index contributed by atoms with van der Waals surface area (Å²) in [5, 5.41) is 7.05. The molecule has 0 spiro atoms. The van der Waals surface area contributed by atoms with Crippen LogP contribution in [0.4, 0.5) is 14.9 Å². The van der Waals surface area contributed by atoms with Gasteiger partial charge in [-0.3, -0.25) is 4.68 Å². The molecule has 0 bridgehead atoms. The van der Waals surface area contributed by atoms with Gasteiger partial charge in [0.05, 0.1) is 30.6 Å². The summed E-state index contributed by atoms with van der Waals surface area (Å²) in [5.41, 5.74) is 1.09. The monoisotopic (exact) mass is 346 g/mol. The number of nitrogens with one attached hydrogen (secondary N) is 1. The van der Waals surface area contributed by atoms with Crippen LogP contribution in [0, 0.1) is 5.82 Å². The molecule has 0 saturated carbocycles. The van der Waals surface area contributed by atoms with Gasteiger partial charge < -0.3 is 15.0 Å². The molecule has 3 rings (SSSR count). The lowest BCUT2D eigenvalue weighted by Gasteiger charge is -2.25. The van der Waals surface area contributed by atoms with Crippen molar-refractivity contribution in [1.82, 2.24) is 14.7 Å². The van der Waals surface area contributed by atoms with E-state index in [4.69, 9.17) is 4.74 Å². The molecule has 25 heavy (non-hydrogen) atoms. The molecule has 0 radical (unpaired) electrons. The number of carbonyl (C=O) groups excluding carboxylic acids is 1. The van der Waals surface area contributed by atoms with Crippen molar-refractivity contribution in [3.63, 3.8) is 0 Å². The lowest BCUT2D eigenvalue weighted by molar-refractivity contribution is 0.0940. The van der Waals surface area contributed by atoms with E-state index in [2.05, 4.69) is 10.4 Å². The minimum atomic E-state index is -0.386. The molecule has 2 aromatic rings. The summed E-state index contributed by atoms with van der Waals surface area (Å²) in [5.74, 6) is -0.320. The van der Waals surface area contributed by atoms with E-state index in [1.807, 2.05) is 0 Å². The molecule has 1 aliphatic heterocycles. The maximum atomic E-state index is 13.9. The van der Waals surface area contributed by atoms with Crippen LogP contribution in [0.3, 0.4) is 0 Å². The molecule has 1 aromatic carbocycles. The third-order valence-electron chi connectivity index (χ3n) is 4.56. The molecule has 7 heteroatoms. The van der Waals surface area contributed by atoms with E-state index in [1.54, 1.807) is 49.2 Å². The third kappa shape index (κ3) is 4.17. The first-order valence-electron chi connectivity index (χ1n) is 8.47. The van der Waals surface area contributed by atoms with Crippen LogP contribution in [0.5, 0.6) is 0 Å². The van der Waals surface area contributed by atoms with Gasteiger partial charge in [0.2, 0.25) is 0 Å². The standard InChI is InChI=1S/C18H23FN4O2/c1-13(16-7-3-4-8-17(16)19)22(2)18(24)21-14-10-20-23(11-14)12-15-6-5-9-25-15/h3-4,7-8,10-11,13,15H,5-6,9,12H2,1-2H3,(H,21,24)/t13-,15+/m0/s1. The normalized spacial score (nSPS) is 18.1. The summed E-state index contributed by atoms with van der Waals surface area (Å²) in [6.45, 7) is 3.27. The molecule has 2 amide bonds. The summed E-state index contributed by atoms with van der Waals surface area (Å²) in [7, 11) is 1.64. The van der Waals surface area contributed by atoms with Gasteiger partial charge in [-0.05, 0) is 25.8 Å². The van der Waals surface area contributed by atoms with E-state index in [1.165, 1.54) is 11.0 Å². The minimum absolute atomic E-state index is 0.187. The van der Waals surface area contributed by atoms with Gasteiger partial charge in [0, 0.05) is 25.4 Å². The molecule has 2 atom stereocenters. The topological polar surface area (TPSA) is 59.4 Å². The van der Waals surface area contributed by atoms with Crippen molar-refractivity contribution in [2.45, 2.75) is 38.5 Å². The van der Waals surface area contributed by atoms with Crippen molar-refractivity contribution in [2.24, 2.45) is 0 Å². The fourth-order valence-corrected chi connectivity index (χ4v) is 2.94. The zero-order valence-corrected chi connectivity index (χ0v) is 14.5. The number of carbonyl (C=O) groups is 1. The van der Waals surface area contributed by atoms with Crippen LogP contribution >= 0.6 is 0 Å². The van der Waals surface area contributed by atoms with E-state index in [0.29, 0.717) is 17.8 Å². The van der Waals surface area contributed by atoms with Crippen LogP contribution in [0.2, 0.25) is 0 Å². The Morgan fingerprint density at radius 1 is 1.52 bits per heavy atom. The van der Waals surface area contributed by atoms with E-state index in [-0.39, 0.29) is 24.0 Å². The predicted octanol–water partition coefficient (Wildman–Crippen LogP) is 3.43. The summed E-state index contributed by atoms with van der Waals surface area (Å²) in [6, 6.07) is 5.77. The van der Waals surface area contributed by atoms with E-state index in [9.17, 15) is 9.18 Å². The summed E-state index contributed by atoms with van der Waals surface area (Å²) < 4.78 is 21.3. The molecule has 134 valence electrons. The second kappa shape index (κ2) is 7.65. The Balaban J connectivity index is 1.59. The highest BCUT2D eigenvalue weighted by Gasteiger charge is 2.21. The Kier molecular flexibility index (Phi) is 5.33. The van der Waals surface area contributed by atoms with Gasteiger partial charge in [-0.2, -0.15) is 5.10 Å². The van der Waals surface area contributed by atoms with Gasteiger partial charge in [-0.15, -0.1) is 0 Å². The van der Waals surface area contributed by atoms with Gasteiger partial charge in [-0.1, -0.05) is 18.2 Å². The van der Waals surface area contributed by atoms with E-state index < -0.39 is 0 Å². The molecule has 2 heterocycles. The van der Waals surface area contributed by atoms with Crippen LogP contribution in [0.25, 0.3) is 0 Å². The number of nitrogens with zero attached hydrogens (tertiary/aromatic N) is 3. The molecule has 1 N–H and O–H groups in total. The highest BCUT2D eigenvalue weighted by Crippen LogP contribution is 2.22. The molecule has 0 aliphatic carbocycles. The number of rotatable bonds is 5. The van der Waals surface area contributed by atoms with Crippen molar-refractivity contribution in [2.75, 3.05) is 19.0 Å². The molecular weight excluding hydrogens is 323 g/mol. The maximum absolute atomic E-state index is 13.9. The highest BCUT2D eigenvalue weighted by molar-refractivity contribution is 5.89. The number of urea groups is 1. The molecule has 1 saturated heterocycles. The first-order valence-corrected chi connectivity index (χ1v) is 8.47. The number of anilines is 1. The summed E-state index contributed by atoms with van der Waals surface area (Å²) >= 11 is 0. The number of ether oxygens (including phenoxy) is 1. The molecule has 1 aromatic heterocycles. The fraction of sp³-hybridized carbons (Fsp3) is 0.444. The molecule has 6 nitrogen and oxygen atoms in total. The van der Waals surface area contributed by atoms with Crippen LogP contribution in [-0.4, -0.2) is 40.5 Å². The van der Waals surface area contributed by atoms with Gasteiger partial charge in [0.1, 0.15) is 5.82 Å². The molecular formula is C18H23FN4O2. The zero-order chi connectivity index (χ0) is 17.8. The maximum Gasteiger partial charge on any atom is 0.322 e. The number of benzene rings is 1. The fourth-order valence-electron chi connectivity index (χ4n) is 2.94. The lowest BCUT2D eigenvalue weighted by Crippen LogP contribution is -2.33. The minimum Gasteiger partial charge on any atom is -0.376 e.